The zero-order valence-corrected chi connectivity index (χ0v) is 22.1. The van der Waals surface area contributed by atoms with E-state index in [1.165, 1.54) is 6.42 Å². The molecule has 0 radical (unpaired) electrons. The van der Waals surface area contributed by atoms with Crippen molar-refractivity contribution in [3.05, 3.63) is 41.4 Å². The largest absolute Gasteiger partial charge is 0.359 e. The van der Waals surface area contributed by atoms with Crippen molar-refractivity contribution in [3.63, 3.8) is 0 Å². The molecule has 2 saturated heterocycles. The smallest absolute Gasteiger partial charge is 0.246 e. The summed E-state index contributed by atoms with van der Waals surface area (Å²) in [5, 5.41) is 6.82. The molecular formula is C29H36ClN3O4. The van der Waals surface area contributed by atoms with Crippen molar-refractivity contribution in [2.75, 3.05) is 5.32 Å². The van der Waals surface area contributed by atoms with Gasteiger partial charge in [-0.25, -0.2) is 0 Å². The molecule has 8 heteroatoms. The van der Waals surface area contributed by atoms with Crippen LogP contribution in [0.5, 0.6) is 0 Å². The Morgan fingerprint density at radius 1 is 1.00 bits per heavy atom. The Labute approximate surface area is 223 Å². The number of nitrogens with one attached hydrogen (secondary N) is 2. The average Bonchev–Trinajstić information content (AvgIpc) is 3.54. The molecule has 3 aliphatic heterocycles. The number of nitrogens with zero attached hydrogens (tertiary/aromatic N) is 1. The van der Waals surface area contributed by atoms with E-state index in [9.17, 15) is 14.4 Å². The number of fused-ring (bicyclic) bond motifs is 1. The van der Waals surface area contributed by atoms with Gasteiger partial charge in [0.15, 0.2) is 0 Å². The van der Waals surface area contributed by atoms with Crippen LogP contribution >= 0.6 is 11.6 Å². The fourth-order valence-corrected chi connectivity index (χ4v) is 7.69. The van der Waals surface area contributed by atoms with Crippen LogP contribution in [-0.4, -0.2) is 52.5 Å². The molecule has 0 aromatic heterocycles. The summed E-state index contributed by atoms with van der Waals surface area (Å²) >= 11 is 6.01. The number of carbonyl (C=O) groups excluding carboxylic acids is 3. The van der Waals surface area contributed by atoms with Gasteiger partial charge in [-0.3, -0.25) is 14.4 Å². The normalized spacial score (nSPS) is 37.0. The fourth-order valence-electron chi connectivity index (χ4n) is 7.56. The SMILES string of the molecule is C[C@@H]1CCCC[C@@H]1N1C(=O)[C@H]2[C@@H](C(=O)Nc3ccc(Cl)cc3)[C@H]3C=C[C@@]2(O3)[C@H]1C(=O)NC1CCCCC1. The predicted molar refractivity (Wildman–Crippen MR) is 141 cm³/mol. The Hall–Kier alpha value is -2.38. The van der Waals surface area contributed by atoms with E-state index in [0.29, 0.717) is 16.6 Å². The summed E-state index contributed by atoms with van der Waals surface area (Å²) in [5.41, 5.74) is -0.496. The standard InChI is InChI=1S/C29H36ClN3O4/c1-17-7-5-6-10-21(17)33-25(27(35)32-19-8-3-2-4-9-19)29-16-15-22(37-29)23(24(29)28(33)36)26(34)31-20-13-11-18(30)12-14-20/h11-17,19,21-25H,2-10H2,1H3,(H,31,34)(H,32,35)/t17-,21+,22-,23+,24-,25-,29+/m1/s1. The molecule has 4 fully saturated rings. The lowest BCUT2D eigenvalue weighted by atomic mass is 9.74. The number of benzene rings is 1. The van der Waals surface area contributed by atoms with Crippen LogP contribution in [0.15, 0.2) is 36.4 Å². The lowest BCUT2D eigenvalue weighted by Gasteiger charge is -2.42. The van der Waals surface area contributed by atoms with Crippen molar-refractivity contribution in [1.82, 2.24) is 10.2 Å². The number of hydrogen-bond donors (Lipinski definition) is 2. The second-order valence-corrected chi connectivity index (χ2v) is 12.1. The number of amides is 3. The van der Waals surface area contributed by atoms with E-state index >= 15 is 0 Å². The second-order valence-electron chi connectivity index (χ2n) is 11.6. The molecule has 2 bridgehead atoms. The highest BCUT2D eigenvalue weighted by molar-refractivity contribution is 6.30. The van der Waals surface area contributed by atoms with Crippen molar-refractivity contribution >= 4 is 35.0 Å². The van der Waals surface area contributed by atoms with Crippen molar-refractivity contribution in [2.45, 2.75) is 94.5 Å². The first-order valence-electron chi connectivity index (χ1n) is 14.0. The summed E-state index contributed by atoms with van der Waals surface area (Å²) in [5.74, 6) is -1.63. The highest BCUT2D eigenvalue weighted by Crippen LogP contribution is 2.56. The third-order valence-corrected chi connectivity index (χ3v) is 9.60. The first-order chi connectivity index (χ1) is 17.9. The van der Waals surface area contributed by atoms with E-state index in [4.69, 9.17) is 16.3 Å². The van der Waals surface area contributed by atoms with Crippen LogP contribution in [0, 0.1) is 17.8 Å². The van der Waals surface area contributed by atoms with E-state index in [1.807, 2.05) is 17.1 Å². The van der Waals surface area contributed by atoms with Crippen LogP contribution in [0.1, 0.15) is 64.7 Å². The highest BCUT2D eigenvalue weighted by atomic mass is 35.5. The maximum absolute atomic E-state index is 14.3. The number of rotatable bonds is 5. The maximum Gasteiger partial charge on any atom is 0.246 e. The van der Waals surface area contributed by atoms with Crippen molar-refractivity contribution in [1.29, 1.82) is 0 Å². The predicted octanol–water partition coefficient (Wildman–Crippen LogP) is 4.46. The van der Waals surface area contributed by atoms with E-state index < -0.39 is 29.6 Å². The number of anilines is 1. The summed E-state index contributed by atoms with van der Waals surface area (Å²) in [6, 6.07) is 6.26. The Morgan fingerprint density at radius 3 is 2.43 bits per heavy atom. The number of carbonyl (C=O) groups is 3. The van der Waals surface area contributed by atoms with Crippen LogP contribution in [0.2, 0.25) is 5.02 Å². The van der Waals surface area contributed by atoms with E-state index in [0.717, 1.165) is 51.4 Å². The minimum atomic E-state index is -1.11. The summed E-state index contributed by atoms with van der Waals surface area (Å²) in [4.78, 5) is 43.7. The summed E-state index contributed by atoms with van der Waals surface area (Å²) in [6.07, 6.45) is 12.7. The van der Waals surface area contributed by atoms with Gasteiger partial charge in [0.1, 0.15) is 11.6 Å². The van der Waals surface area contributed by atoms with Gasteiger partial charge in [-0.15, -0.1) is 0 Å². The highest BCUT2D eigenvalue weighted by Gasteiger charge is 2.73. The average molecular weight is 526 g/mol. The van der Waals surface area contributed by atoms with Gasteiger partial charge in [0, 0.05) is 22.8 Å². The second kappa shape index (κ2) is 9.73. The lowest BCUT2D eigenvalue weighted by Crippen LogP contribution is -2.59. The minimum absolute atomic E-state index is 0.0284. The van der Waals surface area contributed by atoms with Gasteiger partial charge in [-0.05, 0) is 55.9 Å². The van der Waals surface area contributed by atoms with E-state index in [1.54, 1.807) is 24.3 Å². The molecule has 3 heterocycles. The zero-order valence-electron chi connectivity index (χ0n) is 21.3. The van der Waals surface area contributed by atoms with Crippen molar-refractivity contribution in [2.24, 2.45) is 17.8 Å². The maximum atomic E-state index is 14.3. The van der Waals surface area contributed by atoms with Crippen LogP contribution in [0.3, 0.4) is 0 Å². The van der Waals surface area contributed by atoms with Crippen molar-refractivity contribution in [3.8, 4) is 0 Å². The summed E-state index contributed by atoms with van der Waals surface area (Å²) in [6.45, 7) is 2.18. The van der Waals surface area contributed by atoms with Crippen LogP contribution in [-0.2, 0) is 19.1 Å². The molecular weight excluding hydrogens is 490 g/mol. The molecule has 1 aromatic carbocycles. The topological polar surface area (TPSA) is 87.7 Å². The van der Waals surface area contributed by atoms with Crippen LogP contribution in [0.25, 0.3) is 0 Å². The number of hydrogen-bond acceptors (Lipinski definition) is 4. The molecule has 7 atom stereocenters. The molecule has 2 N–H and O–H groups in total. The third-order valence-electron chi connectivity index (χ3n) is 9.35. The van der Waals surface area contributed by atoms with Crippen LogP contribution in [0.4, 0.5) is 5.69 Å². The monoisotopic (exact) mass is 525 g/mol. The van der Waals surface area contributed by atoms with Gasteiger partial charge >= 0.3 is 0 Å². The van der Waals surface area contributed by atoms with Gasteiger partial charge in [0.05, 0.1) is 17.9 Å². The number of likely N-dealkylation sites (tertiary alicyclic amines) is 1. The van der Waals surface area contributed by atoms with Crippen molar-refractivity contribution < 1.29 is 19.1 Å². The third kappa shape index (κ3) is 4.19. The Balaban J connectivity index is 1.33. The van der Waals surface area contributed by atoms with Gasteiger partial charge in [-0.1, -0.05) is 62.8 Å². The zero-order chi connectivity index (χ0) is 25.7. The Kier molecular flexibility index (Phi) is 6.56. The molecule has 0 unspecified atom stereocenters. The van der Waals surface area contributed by atoms with E-state index in [-0.39, 0.29) is 29.8 Å². The van der Waals surface area contributed by atoms with Gasteiger partial charge < -0.3 is 20.3 Å². The Morgan fingerprint density at radius 2 is 1.70 bits per heavy atom. The lowest BCUT2D eigenvalue weighted by molar-refractivity contribution is -0.146. The molecule has 37 heavy (non-hydrogen) atoms. The molecule has 198 valence electrons. The van der Waals surface area contributed by atoms with Crippen LogP contribution < -0.4 is 10.6 Å². The quantitative estimate of drug-likeness (QED) is 0.556. The van der Waals surface area contributed by atoms with E-state index in [2.05, 4.69) is 17.6 Å². The molecule has 2 saturated carbocycles. The Bertz CT molecular complexity index is 1100. The molecule has 2 aliphatic carbocycles. The van der Waals surface area contributed by atoms with Gasteiger partial charge in [0.25, 0.3) is 0 Å². The molecule has 3 amide bonds. The van der Waals surface area contributed by atoms with Gasteiger partial charge in [0.2, 0.25) is 17.7 Å². The van der Waals surface area contributed by atoms with Gasteiger partial charge in [-0.2, -0.15) is 0 Å². The summed E-state index contributed by atoms with van der Waals surface area (Å²) < 4.78 is 6.51. The summed E-state index contributed by atoms with van der Waals surface area (Å²) in [7, 11) is 0. The molecule has 5 aliphatic rings. The molecule has 1 aromatic rings. The first kappa shape index (κ1) is 24.9. The first-order valence-corrected chi connectivity index (χ1v) is 14.3. The molecule has 1 spiro atoms. The minimum Gasteiger partial charge on any atom is -0.359 e. The number of ether oxygens (including phenoxy) is 1. The fraction of sp³-hybridized carbons (Fsp3) is 0.621. The molecule has 7 nitrogen and oxygen atoms in total. The molecule has 6 rings (SSSR count). The number of halogens is 1.